The smallest absolute Gasteiger partial charge is 0.0967 e. The van der Waals surface area contributed by atoms with E-state index in [4.69, 9.17) is 5.73 Å². The minimum Gasteiger partial charge on any atom is -0.329 e. The molecule has 0 atom stereocenters. The number of aromatic nitrogens is 3. The molecule has 2 N–H and O–H groups in total. The molecule has 5 nitrogen and oxygen atoms in total. The highest BCUT2D eigenvalue weighted by Gasteiger charge is 2.25. The molecule has 0 spiro atoms. The Morgan fingerprint density at radius 1 is 1.50 bits per heavy atom. The maximum atomic E-state index is 5.81. The lowest BCUT2D eigenvalue weighted by Crippen LogP contribution is -2.49. The molecular formula is C11H23N5. The van der Waals surface area contributed by atoms with Crippen LogP contribution in [-0.2, 0) is 13.6 Å². The first-order chi connectivity index (χ1) is 7.49. The van der Waals surface area contributed by atoms with Crippen LogP contribution in [0, 0.1) is 0 Å². The van der Waals surface area contributed by atoms with Crippen LogP contribution in [0.1, 0.15) is 32.9 Å². The third-order valence-corrected chi connectivity index (χ3v) is 2.85. The minimum absolute atomic E-state index is 0.00747. The van der Waals surface area contributed by atoms with E-state index < -0.39 is 0 Å². The number of hydrogen-bond acceptors (Lipinski definition) is 4. The van der Waals surface area contributed by atoms with Gasteiger partial charge in [0.2, 0.25) is 0 Å². The Bertz CT molecular complexity index is 318. The van der Waals surface area contributed by atoms with Crippen molar-refractivity contribution < 1.29 is 0 Å². The monoisotopic (exact) mass is 225 g/mol. The van der Waals surface area contributed by atoms with Crippen molar-refractivity contribution in [1.82, 2.24) is 19.9 Å². The van der Waals surface area contributed by atoms with Crippen LogP contribution in [0.2, 0.25) is 0 Å². The Morgan fingerprint density at radius 3 is 2.62 bits per heavy atom. The third kappa shape index (κ3) is 3.28. The molecule has 0 aliphatic heterocycles. The summed E-state index contributed by atoms with van der Waals surface area (Å²) in [5, 5.41) is 8.06. The van der Waals surface area contributed by atoms with Crippen molar-refractivity contribution in [3.05, 3.63) is 11.9 Å². The van der Waals surface area contributed by atoms with Crippen LogP contribution < -0.4 is 5.73 Å². The van der Waals surface area contributed by atoms with E-state index in [1.165, 1.54) is 0 Å². The molecule has 0 aromatic carbocycles. The van der Waals surface area contributed by atoms with E-state index in [0.29, 0.717) is 6.54 Å². The van der Waals surface area contributed by atoms with Crippen molar-refractivity contribution in [3.63, 3.8) is 0 Å². The number of nitrogens with zero attached hydrogens (tertiary/aromatic N) is 4. The Kier molecular flexibility index (Phi) is 4.44. The molecule has 16 heavy (non-hydrogen) atoms. The Labute approximate surface area is 97.6 Å². The molecular weight excluding hydrogens is 202 g/mol. The van der Waals surface area contributed by atoms with Gasteiger partial charge in [0.25, 0.3) is 0 Å². The summed E-state index contributed by atoms with van der Waals surface area (Å²) in [7, 11) is 1.88. The minimum atomic E-state index is 0.00747. The SMILES string of the molecule is CCCN(Cc1cn(C)nn1)C(C)(C)CN. The summed E-state index contributed by atoms with van der Waals surface area (Å²) >= 11 is 0. The van der Waals surface area contributed by atoms with E-state index in [1.54, 1.807) is 4.68 Å². The third-order valence-electron chi connectivity index (χ3n) is 2.85. The van der Waals surface area contributed by atoms with E-state index in [-0.39, 0.29) is 5.54 Å². The van der Waals surface area contributed by atoms with Gasteiger partial charge in [0.15, 0.2) is 0 Å². The van der Waals surface area contributed by atoms with Crippen LogP contribution >= 0.6 is 0 Å². The van der Waals surface area contributed by atoms with Gasteiger partial charge in [0.1, 0.15) is 0 Å². The molecule has 1 aromatic rings. The van der Waals surface area contributed by atoms with E-state index in [1.807, 2.05) is 13.2 Å². The number of aryl methyl sites for hydroxylation is 1. The fraction of sp³-hybridized carbons (Fsp3) is 0.818. The van der Waals surface area contributed by atoms with Gasteiger partial charge in [-0.05, 0) is 26.8 Å². The Morgan fingerprint density at radius 2 is 2.19 bits per heavy atom. The van der Waals surface area contributed by atoms with E-state index >= 15 is 0 Å². The van der Waals surface area contributed by atoms with E-state index in [0.717, 1.165) is 25.2 Å². The highest BCUT2D eigenvalue weighted by atomic mass is 15.4. The van der Waals surface area contributed by atoms with E-state index in [9.17, 15) is 0 Å². The van der Waals surface area contributed by atoms with Gasteiger partial charge >= 0.3 is 0 Å². The quantitative estimate of drug-likeness (QED) is 0.776. The van der Waals surface area contributed by atoms with Crippen LogP contribution in [0.25, 0.3) is 0 Å². The largest absolute Gasteiger partial charge is 0.329 e. The van der Waals surface area contributed by atoms with Crippen LogP contribution in [0.5, 0.6) is 0 Å². The van der Waals surface area contributed by atoms with Crippen molar-refractivity contribution in [2.24, 2.45) is 12.8 Å². The van der Waals surface area contributed by atoms with Gasteiger partial charge < -0.3 is 5.73 Å². The fourth-order valence-corrected chi connectivity index (χ4v) is 1.66. The van der Waals surface area contributed by atoms with Crippen LogP contribution in [0.3, 0.4) is 0 Å². The first-order valence-corrected chi connectivity index (χ1v) is 5.80. The molecule has 0 aliphatic carbocycles. The molecule has 0 saturated heterocycles. The second-order valence-corrected chi connectivity index (χ2v) is 4.82. The molecule has 0 amide bonds. The molecule has 0 fully saturated rings. The maximum Gasteiger partial charge on any atom is 0.0967 e. The predicted octanol–water partition coefficient (Wildman–Crippen LogP) is 0.764. The Hall–Kier alpha value is -0.940. The first-order valence-electron chi connectivity index (χ1n) is 5.80. The van der Waals surface area contributed by atoms with Crippen molar-refractivity contribution >= 4 is 0 Å². The van der Waals surface area contributed by atoms with Gasteiger partial charge in [-0.25, -0.2) is 0 Å². The highest BCUT2D eigenvalue weighted by Crippen LogP contribution is 2.16. The molecule has 0 aliphatic rings. The highest BCUT2D eigenvalue weighted by molar-refractivity contribution is 4.95. The molecule has 0 radical (unpaired) electrons. The van der Waals surface area contributed by atoms with Crippen molar-refractivity contribution in [1.29, 1.82) is 0 Å². The summed E-state index contributed by atoms with van der Waals surface area (Å²) in [6, 6.07) is 0. The number of rotatable bonds is 6. The standard InChI is InChI=1S/C11H23N5/c1-5-6-16(11(2,3)9-12)8-10-7-15(4)14-13-10/h7H,5-6,8-9,12H2,1-4H3. The van der Waals surface area contributed by atoms with E-state index in [2.05, 4.69) is 36.0 Å². The number of hydrogen-bond donors (Lipinski definition) is 1. The summed E-state index contributed by atoms with van der Waals surface area (Å²) in [5.41, 5.74) is 6.82. The summed E-state index contributed by atoms with van der Waals surface area (Å²) in [6.45, 7) is 8.99. The molecule has 92 valence electrons. The summed E-state index contributed by atoms with van der Waals surface area (Å²) in [5.74, 6) is 0. The van der Waals surface area contributed by atoms with Gasteiger partial charge in [-0.2, -0.15) is 0 Å². The lowest BCUT2D eigenvalue weighted by Gasteiger charge is -2.37. The molecule has 0 unspecified atom stereocenters. The zero-order chi connectivity index (χ0) is 12.2. The van der Waals surface area contributed by atoms with Gasteiger partial charge in [0, 0.05) is 31.9 Å². The molecule has 0 saturated carbocycles. The van der Waals surface area contributed by atoms with Crippen molar-refractivity contribution in [2.45, 2.75) is 39.3 Å². The van der Waals surface area contributed by atoms with Crippen LogP contribution in [-0.4, -0.2) is 38.5 Å². The van der Waals surface area contributed by atoms with Gasteiger partial charge in [-0.1, -0.05) is 12.1 Å². The first kappa shape index (κ1) is 13.1. The van der Waals surface area contributed by atoms with Crippen LogP contribution in [0.15, 0.2) is 6.20 Å². The van der Waals surface area contributed by atoms with Crippen molar-refractivity contribution in [2.75, 3.05) is 13.1 Å². The van der Waals surface area contributed by atoms with Gasteiger partial charge in [-0.3, -0.25) is 9.58 Å². The summed E-state index contributed by atoms with van der Waals surface area (Å²) in [6.07, 6.45) is 3.07. The zero-order valence-corrected chi connectivity index (χ0v) is 10.8. The second-order valence-electron chi connectivity index (χ2n) is 4.82. The fourth-order valence-electron chi connectivity index (χ4n) is 1.66. The molecule has 0 bridgehead atoms. The lowest BCUT2D eigenvalue weighted by molar-refractivity contribution is 0.116. The molecule has 1 rings (SSSR count). The zero-order valence-electron chi connectivity index (χ0n) is 10.8. The molecule has 1 aromatic heterocycles. The lowest BCUT2D eigenvalue weighted by atomic mass is 10.0. The average molecular weight is 225 g/mol. The number of nitrogens with two attached hydrogens (primary N) is 1. The predicted molar refractivity (Wildman–Crippen MR) is 64.8 cm³/mol. The van der Waals surface area contributed by atoms with Gasteiger partial charge in [-0.15, -0.1) is 5.10 Å². The van der Waals surface area contributed by atoms with Crippen molar-refractivity contribution in [3.8, 4) is 0 Å². The Balaban J connectivity index is 2.71. The second kappa shape index (κ2) is 5.41. The molecule has 1 heterocycles. The normalized spacial score (nSPS) is 12.4. The van der Waals surface area contributed by atoms with Gasteiger partial charge in [0.05, 0.1) is 5.69 Å². The topological polar surface area (TPSA) is 60.0 Å². The summed E-state index contributed by atoms with van der Waals surface area (Å²) < 4.78 is 1.73. The molecule has 5 heteroatoms. The average Bonchev–Trinajstić information content (AvgIpc) is 2.63. The summed E-state index contributed by atoms with van der Waals surface area (Å²) in [4.78, 5) is 2.36. The van der Waals surface area contributed by atoms with Crippen LogP contribution in [0.4, 0.5) is 0 Å². The maximum absolute atomic E-state index is 5.81.